The number of aliphatic hydroxyl groups excluding tert-OH is 1. The summed E-state index contributed by atoms with van der Waals surface area (Å²) in [6.07, 6.45) is 2.74. The second-order valence-electron chi connectivity index (χ2n) is 5.47. The van der Waals surface area contributed by atoms with Crippen molar-refractivity contribution in [1.82, 2.24) is 5.32 Å². The minimum absolute atomic E-state index is 0.218. The van der Waals surface area contributed by atoms with E-state index < -0.39 is 0 Å². The molecule has 0 fully saturated rings. The Kier molecular flexibility index (Phi) is 4.25. The van der Waals surface area contributed by atoms with Crippen LogP contribution >= 0.6 is 0 Å². The first-order chi connectivity index (χ1) is 8.63. The molecule has 18 heavy (non-hydrogen) atoms. The summed E-state index contributed by atoms with van der Waals surface area (Å²) in [4.78, 5) is 0. The maximum atomic E-state index is 9.83. The summed E-state index contributed by atoms with van der Waals surface area (Å²) >= 11 is 0. The highest BCUT2D eigenvalue weighted by Gasteiger charge is 2.27. The fraction of sp³-hybridized carbons (Fsp3) is 0.600. The minimum atomic E-state index is 0.218. The van der Waals surface area contributed by atoms with Crippen LogP contribution in [0.1, 0.15) is 43.9 Å². The molecule has 0 aromatic heterocycles. The van der Waals surface area contributed by atoms with Gasteiger partial charge in [0.15, 0.2) is 0 Å². The summed E-state index contributed by atoms with van der Waals surface area (Å²) in [5.41, 5.74) is 2.31. The molecule has 0 amide bonds. The standard InChI is InChI=1S/C15H23NO2/c1-10(2)13(8-9-17)16-14-7-6-12-11(14)4-3-5-15(12)18/h3-5,10,13-14,16-18H,6-9H2,1-2H3. The van der Waals surface area contributed by atoms with E-state index in [1.165, 1.54) is 5.56 Å². The zero-order chi connectivity index (χ0) is 13.1. The van der Waals surface area contributed by atoms with Gasteiger partial charge in [-0.25, -0.2) is 0 Å². The zero-order valence-electron chi connectivity index (χ0n) is 11.2. The van der Waals surface area contributed by atoms with E-state index in [4.69, 9.17) is 5.11 Å². The third-order valence-corrected chi connectivity index (χ3v) is 3.91. The summed E-state index contributed by atoms with van der Waals surface area (Å²) in [5.74, 6) is 0.915. The predicted molar refractivity (Wildman–Crippen MR) is 72.6 cm³/mol. The molecule has 2 unspecified atom stereocenters. The van der Waals surface area contributed by atoms with Crippen LogP contribution in [0.5, 0.6) is 5.75 Å². The highest BCUT2D eigenvalue weighted by molar-refractivity contribution is 5.44. The SMILES string of the molecule is CC(C)C(CCO)NC1CCc2c(O)cccc21. The number of nitrogens with one attached hydrogen (secondary N) is 1. The number of aromatic hydroxyl groups is 1. The summed E-state index contributed by atoms with van der Waals surface area (Å²) in [6.45, 7) is 4.56. The van der Waals surface area contributed by atoms with Gasteiger partial charge in [0.1, 0.15) is 5.75 Å². The molecule has 3 heteroatoms. The molecule has 0 saturated heterocycles. The van der Waals surface area contributed by atoms with Crippen molar-refractivity contribution in [1.29, 1.82) is 0 Å². The quantitative estimate of drug-likeness (QED) is 0.751. The molecular formula is C15H23NO2. The smallest absolute Gasteiger partial charge is 0.119 e. The second kappa shape index (κ2) is 5.72. The van der Waals surface area contributed by atoms with Crippen LogP contribution in [0.3, 0.4) is 0 Å². The van der Waals surface area contributed by atoms with Crippen molar-refractivity contribution in [2.24, 2.45) is 5.92 Å². The zero-order valence-corrected chi connectivity index (χ0v) is 11.2. The first-order valence-electron chi connectivity index (χ1n) is 6.81. The molecule has 1 aromatic carbocycles. The van der Waals surface area contributed by atoms with Gasteiger partial charge in [-0.3, -0.25) is 0 Å². The molecule has 3 nitrogen and oxygen atoms in total. The highest BCUT2D eigenvalue weighted by atomic mass is 16.3. The lowest BCUT2D eigenvalue weighted by Crippen LogP contribution is -2.36. The first kappa shape index (κ1) is 13.4. The molecule has 0 saturated carbocycles. The molecule has 3 N–H and O–H groups in total. The number of aliphatic hydroxyl groups is 1. The van der Waals surface area contributed by atoms with Crippen LogP contribution in [-0.2, 0) is 6.42 Å². The summed E-state index contributed by atoms with van der Waals surface area (Å²) in [5, 5.41) is 22.6. The van der Waals surface area contributed by atoms with Gasteiger partial charge in [0.05, 0.1) is 0 Å². The van der Waals surface area contributed by atoms with Crippen molar-refractivity contribution < 1.29 is 10.2 Å². The summed E-state index contributed by atoms with van der Waals surface area (Å²) in [6, 6.07) is 6.40. The molecule has 2 rings (SSSR count). The van der Waals surface area contributed by atoms with Gasteiger partial charge in [0.2, 0.25) is 0 Å². The lowest BCUT2D eigenvalue weighted by atomic mass is 9.98. The Hall–Kier alpha value is -1.06. The van der Waals surface area contributed by atoms with Gasteiger partial charge in [-0.1, -0.05) is 26.0 Å². The van der Waals surface area contributed by atoms with Crippen molar-refractivity contribution in [2.45, 2.75) is 45.2 Å². The van der Waals surface area contributed by atoms with Crippen LogP contribution < -0.4 is 5.32 Å². The van der Waals surface area contributed by atoms with Gasteiger partial charge in [-0.05, 0) is 42.4 Å². The van der Waals surface area contributed by atoms with Crippen LogP contribution in [0, 0.1) is 5.92 Å². The molecule has 1 aliphatic rings. The monoisotopic (exact) mass is 249 g/mol. The number of phenolic OH excluding ortho intramolecular Hbond substituents is 1. The molecule has 100 valence electrons. The van der Waals surface area contributed by atoms with E-state index in [0.717, 1.165) is 24.8 Å². The third kappa shape index (κ3) is 2.68. The average molecular weight is 249 g/mol. The molecule has 0 aliphatic heterocycles. The van der Waals surface area contributed by atoms with Crippen molar-refractivity contribution in [3.05, 3.63) is 29.3 Å². The van der Waals surface area contributed by atoms with E-state index in [2.05, 4.69) is 25.2 Å². The van der Waals surface area contributed by atoms with Crippen molar-refractivity contribution >= 4 is 0 Å². The van der Waals surface area contributed by atoms with E-state index in [1.54, 1.807) is 6.07 Å². The predicted octanol–water partition coefficient (Wildman–Crippen LogP) is 2.38. The summed E-state index contributed by atoms with van der Waals surface area (Å²) < 4.78 is 0. The van der Waals surface area contributed by atoms with Gasteiger partial charge >= 0.3 is 0 Å². The largest absolute Gasteiger partial charge is 0.508 e. The van der Waals surface area contributed by atoms with Gasteiger partial charge in [-0.2, -0.15) is 0 Å². The molecule has 1 aromatic rings. The lowest BCUT2D eigenvalue weighted by molar-refractivity contribution is 0.234. The first-order valence-corrected chi connectivity index (χ1v) is 6.81. The number of hydrogen-bond donors (Lipinski definition) is 3. The van der Waals surface area contributed by atoms with Crippen LogP contribution in [-0.4, -0.2) is 22.9 Å². The van der Waals surface area contributed by atoms with Crippen molar-refractivity contribution in [2.75, 3.05) is 6.61 Å². The molecule has 0 radical (unpaired) electrons. The number of benzene rings is 1. The topological polar surface area (TPSA) is 52.5 Å². The molecule has 0 spiro atoms. The Morgan fingerprint density at radius 3 is 2.83 bits per heavy atom. The fourth-order valence-corrected chi connectivity index (χ4v) is 2.81. The molecule has 1 aliphatic carbocycles. The molecular weight excluding hydrogens is 226 g/mol. The van der Waals surface area contributed by atoms with Crippen LogP contribution in [0.2, 0.25) is 0 Å². The van der Waals surface area contributed by atoms with Gasteiger partial charge in [0, 0.05) is 18.7 Å². The van der Waals surface area contributed by atoms with Crippen LogP contribution in [0.4, 0.5) is 0 Å². The maximum Gasteiger partial charge on any atom is 0.119 e. The molecule has 2 atom stereocenters. The summed E-state index contributed by atoms with van der Waals surface area (Å²) in [7, 11) is 0. The van der Waals surface area contributed by atoms with E-state index in [0.29, 0.717) is 23.8 Å². The normalized spacial score (nSPS) is 20.1. The molecule has 0 bridgehead atoms. The fourth-order valence-electron chi connectivity index (χ4n) is 2.81. The maximum absolute atomic E-state index is 9.83. The number of phenols is 1. The highest BCUT2D eigenvalue weighted by Crippen LogP contribution is 2.36. The molecule has 0 heterocycles. The Labute approximate surface area is 109 Å². The second-order valence-corrected chi connectivity index (χ2v) is 5.47. The Bertz CT molecular complexity index is 403. The van der Waals surface area contributed by atoms with Crippen molar-refractivity contribution in [3.8, 4) is 5.75 Å². The third-order valence-electron chi connectivity index (χ3n) is 3.91. The van der Waals surface area contributed by atoms with E-state index in [-0.39, 0.29) is 6.61 Å². The van der Waals surface area contributed by atoms with E-state index in [1.807, 2.05) is 6.07 Å². The van der Waals surface area contributed by atoms with E-state index in [9.17, 15) is 5.11 Å². The number of rotatable bonds is 5. The Morgan fingerprint density at radius 2 is 2.17 bits per heavy atom. The van der Waals surface area contributed by atoms with Gasteiger partial charge in [-0.15, -0.1) is 0 Å². The Balaban J connectivity index is 2.11. The van der Waals surface area contributed by atoms with E-state index >= 15 is 0 Å². The van der Waals surface area contributed by atoms with Crippen LogP contribution in [0.15, 0.2) is 18.2 Å². The van der Waals surface area contributed by atoms with Crippen LogP contribution in [0.25, 0.3) is 0 Å². The number of hydrogen-bond acceptors (Lipinski definition) is 3. The average Bonchev–Trinajstić information content (AvgIpc) is 2.73. The lowest BCUT2D eigenvalue weighted by Gasteiger charge is -2.26. The van der Waals surface area contributed by atoms with Gasteiger partial charge < -0.3 is 15.5 Å². The van der Waals surface area contributed by atoms with Crippen molar-refractivity contribution in [3.63, 3.8) is 0 Å². The Morgan fingerprint density at radius 1 is 1.39 bits per heavy atom. The minimum Gasteiger partial charge on any atom is -0.508 e. The van der Waals surface area contributed by atoms with Gasteiger partial charge in [0.25, 0.3) is 0 Å². The number of fused-ring (bicyclic) bond motifs is 1.